The average molecular weight is 476 g/mol. The number of rotatable bonds is 10. The van der Waals surface area contributed by atoms with Crippen LogP contribution in [0, 0.1) is 0 Å². The van der Waals surface area contributed by atoms with Crippen LogP contribution >= 0.6 is 0 Å². The number of ether oxygens (including phenoxy) is 1. The summed E-state index contributed by atoms with van der Waals surface area (Å²) in [5.41, 5.74) is 0.565. The van der Waals surface area contributed by atoms with Crippen LogP contribution in [0.25, 0.3) is 0 Å². The Labute approximate surface area is 201 Å². The summed E-state index contributed by atoms with van der Waals surface area (Å²) in [6.07, 6.45) is 1.39. The lowest BCUT2D eigenvalue weighted by Gasteiger charge is -2.30. The molecule has 0 aromatic heterocycles. The van der Waals surface area contributed by atoms with Gasteiger partial charge < -0.3 is 35.6 Å². The minimum Gasteiger partial charge on any atom is -0.426 e. The Hall–Kier alpha value is -2.63. The van der Waals surface area contributed by atoms with Crippen LogP contribution in [0.4, 0.5) is 4.79 Å². The molecule has 1 fully saturated rings. The minimum atomic E-state index is -1.78. The highest BCUT2D eigenvalue weighted by Gasteiger charge is 2.32. The van der Waals surface area contributed by atoms with E-state index in [1.54, 1.807) is 25.7 Å². The standard InChI is InChI=1S/C23H37BN4O6/c1-23(2,3)27-22(31)25-18(16-20(29)28-12-14-34-15-13-28)21(30)26-19(24(32)33)11-7-10-17-8-5-4-6-9-17/h4-6,8-9,18-19,32-33H,7,10-16H2,1-3H3,(H,26,30)(H2,25,27,31)/t18?,19-/m0/s1. The van der Waals surface area contributed by atoms with Crippen LogP contribution in [-0.2, 0) is 20.7 Å². The lowest BCUT2D eigenvalue weighted by atomic mass is 9.76. The van der Waals surface area contributed by atoms with Gasteiger partial charge in [-0.2, -0.15) is 0 Å². The van der Waals surface area contributed by atoms with Gasteiger partial charge in [0.15, 0.2) is 0 Å². The Morgan fingerprint density at radius 3 is 2.32 bits per heavy atom. The molecule has 1 aromatic rings. The maximum atomic E-state index is 13.0. The number of nitrogens with zero attached hydrogens (tertiary/aromatic N) is 1. The summed E-state index contributed by atoms with van der Waals surface area (Å²) >= 11 is 0. The van der Waals surface area contributed by atoms with Crippen LogP contribution in [-0.4, -0.2) is 83.7 Å². The van der Waals surface area contributed by atoms with Gasteiger partial charge in [-0.1, -0.05) is 30.3 Å². The van der Waals surface area contributed by atoms with Gasteiger partial charge in [-0.05, 0) is 45.6 Å². The van der Waals surface area contributed by atoms with Crippen molar-refractivity contribution < 1.29 is 29.2 Å². The number of carbonyl (C=O) groups excluding carboxylic acids is 3. The SMILES string of the molecule is CC(C)(C)NC(=O)NC(CC(=O)N1CCOCC1)C(=O)N[C@@H](CCCc1ccccc1)B(O)O. The quantitative estimate of drug-likeness (QED) is 0.306. The molecule has 0 saturated carbocycles. The molecule has 0 spiro atoms. The number of morpholine rings is 1. The van der Waals surface area contributed by atoms with Crippen LogP contribution in [0.5, 0.6) is 0 Å². The smallest absolute Gasteiger partial charge is 0.426 e. The molecule has 0 radical (unpaired) electrons. The second-order valence-corrected chi connectivity index (χ2v) is 9.50. The summed E-state index contributed by atoms with van der Waals surface area (Å²) < 4.78 is 5.26. The third kappa shape index (κ3) is 10.1. The molecule has 1 aliphatic rings. The molecule has 0 aliphatic carbocycles. The maximum absolute atomic E-state index is 13.0. The summed E-state index contributed by atoms with van der Waals surface area (Å²) in [4.78, 5) is 39.8. The number of urea groups is 1. The van der Waals surface area contributed by atoms with Gasteiger partial charge in [-0.15, -0.1) is 0 Å². The number of aryl methyl sites for hydroxylation is 1. The van der Waals surface area contributed by atoms with Crippen molar-refractivity contribution in [1.82, 2.24) is 20.9 Å². The van der Waals surface area contributed by atoms with Crippen LogP contribution < -0.4 is 16.0 Å². The van der Waals surface area contributed by atoms with E-state index in [0.717, 1.165) is 5.56 Å². The van der Waals surface area contributed by atoms with E-state index in [9.17, 15) is 24.4 Å². The normalized spacial score (nSPS) is 15.7. The predicted molar refractivity (Wildman–Crippen MR) is 129 cm³/mol. The molecule has 5 N–H and O–H groups in total. The fourth-order valence-corrected chi connectivity index (χ4v) is 3.61. The molecule has 2 rings (SSSR count). The average Bonchev–Trinajstić information content (AvgIpc) is 2.77. The number of amides is 4. The third-order valence-corrected chi connectivity index (χ3v) is 5.36. The van der Waals surface area contributed by atoms with Crippen molar-refractivity contribution in [3.63, 3.8) is 0 Å². The molecule has 2 atom stereocenters. The first-order valence-corrected chi connectivity index (χ1v) is 11.7. The molecule has 1 aliphatic heterocycles. The number of benzene rings is 1. The fourth-order valence-electron chi connectivity index (χ4n) is 3.61. The predicted octanol–water partition coefficient (Wildman–Crippen LogP) is 0.221. The summed E-state index contributed by atoms with van der Waals surface area (Å²) in [7, 11) is -1.78. The second kappa shape index (κ2) is 13.3. The van der Waals surface area contributed by atoms with Crippen molar-refractivity contribution >= 4 is 25.0 Å². The maximum Gasteiger partial charge on any atom is 0.475 e. The highest BCUT2D eigenvalue weighted by atomic mass is 16.5. The first-order chi connectivity index (χ1) is 16.0. The second-order valence-electron chi connectivity index (χ2n) is 9.50. The lowest BCUT2D eigenvalue weighted by molar-refractivity contribution is -0.138. The lowest BCUT2D eigenvalue weighted by Crippen LogP contribution is -2.58. The monoisotopic (exact) mass is 476 g/mol. The Morgan fingerprint density at radius 1 is 1.09 bits per heavy atom. The van der Waals surface area contributed by atoms with Gasteiger partial charge in [0.05, 0.1) is 25.6 Å². The fraction of sp³-hybridized carbons (Fsp3) is 0.609. The van der Waals surface area contributed by atoms with Gasteiger partial charge in [0.25, 0.3) is 0 Å². The summed E-state index contributed by atoms with van der Waals surface area (Å²) in [6.45, 7) is 7.06. The van der Waals surface area contributed by atoms with Crippen LogP contribution in [0.2, 0.25) is 0 Å². The summed E-state index contributed by atoms with van der Waals surface area (Å²) in [5, 5.41) is 27.5. The topological polar surface area (TPSA) is 140 Å². The van der Waals surface area contributed by atoms with E-state index in [1.807, 2.05) is 30.3 Å². The van der Waals surface area contributed by atoms with Crippen LogP contribution in [0.15, 0.2) is 30.3 Å². The molecule has 188 valence electrons. The van der Waals surface area contributed by atoms with E-state index in [2.05, 4.69) is 16.0 Å². The zero-order valence-corrected chi connectivity index (χ0v) is 20.3. The van der Waals surface area contributed by atoms with Crippen molar-refractivity contribution in [3.05, 3.63) is 35.9 Å². The van der Waals surface area contributed by atoms with Crippen molar-refractivity contribution in [2.75, 3.05) is 26.3 Å². The number of hydrogen-bond acceptors (Lipinski definition) is 6. The molecule has 1 aromatic carbocycles. The van der Waals surface area contributed by atoms with Crippen LogP contribution in [0.1, 0.15) is 45.6 Å². The Bertz CT molecular complexity index is 796. The zero-order chi connectivity index (χ0) is 25.1. The van der Waals surface area contributed by atoms with Crippen LogP contribution in [0.3, 0.4) is 0 Å². The first-order valence-electron chi connectivity index (χ1n) is 11.7. The summed E-state index contributed by atoms with van der Waals surface area (Å²) in [6, 6.07) is 7.98. The Balaban J connectivity index is 2.02. The van der Waals surface area contributed by atoms with Crippen molar-refractivity contribution in [2.45, 2.75) is 64.0 Å². The molecule has 1 unspecified atom stereocenters. The zero-order valence-electron chi connectivity index (χ0n) is 20.3. The number of carbonyl (C=O) groups is 3. The van der Waals surface area contributed by atoms with Gasteiger partial charge in [0.1, 0.15) is 6.04 Å². The van der Waals surface area contributed by atoms with Gasteiger partial charge >= 0.3 is 13.1 Å². The highest BCUT2D eigenvalue weighted by Crippen LogP contribution is 2.09. The van der Waals surface area contributed by atoms with E-state index in [0.29, 0.717) is 45.6 Å². The van der Waals surface area contributed by atoms with E-state index < -0.39 is 36.6 Å². The van der Waals surface area contributed by atoms with Crippen molar-refractivity contribution in [3.8, 4) is 0 Å². The first kappa shape index (κ1) is 27.6. The van der Waals surface area contributed by atoms with Gasteiger partial charge in [0, 0.05) is 18.6 Å². The van der Waals surface area contributed by atoms with Crippen molar-refractivity contribution in [2.24, 2.45) is 0 Å². The van der Waals surface area contributed by atoms with Gasteiger partial charge in [-0.3, -0.25) is 9.59 Å². The molecule has 4 amide bonds. The molecule has 1 heterocycles. The highest BCUT2D eigenvalue weighted by molar-refractivity contribution is 6.43. The van der Waals surface area contributed by atoms with Gasteiger partial charge in [-0.25, -0.2) is 4.79 Å². The molecular formula is C23H37BN4O6. The minimum absolute atomic E-state index is 0.248. The Kier molecular flexibility index (Phi) is 10.8. The molecule has 10 nitrogen and oxygen atoms in total. The molecule has 11 heteroatoms. The summed E-state index contributed by atoms with van der Waals surface area (Å²) in [5.74, 6) is -1.88. The number of hydrogen-bond donors (Lipinski definition) is 5. The van der Waals surface area contributed by atoms with E-state index in [-0.39, 0.29) is 12.3 Å². The number of nitrogens with one attached hydrogen (secondary N) is 3. The van der Waals surface area contributed by atoms with E-state index >= 15 is 0 Å². The van der Waals surface area contributed by atoms with Crippen molar-refractivity contribution in [1.29, 1.82) is 0 Å². The third-order valence-electron chi connectivity index (χ3n) is 5.36. The Morgan fingerprint density at radius 2 is 1.74 bits per heavy atom. The molecule has 34 heavy (non-hydrogen) atoms. The van der Waals surface area contributed by atoms with E-state index in [1.165, 1.54) is 0 Å². The molecular weight excluding hydrogens is 439 g/mol. The van der Waals surface area contributed by atoms with E-state index in [4.69, 9.17) is 4.74 Å². The van der Waals surface area contributed by atoms with Gasteiger partial charge in [0.2, 0.25) is 11.8 Å². The molecule has 1 saturated heterocycles. The molecule has 0 bridgehead atoms. The largest absolute Gasteiger partial charge is 0.475 e.